The minimum absolute atomic E-state index is 0.112. The summed E-state index contributed by atoms with van der Waals surface area (Å²) >= 11 is 12.0. The molecule has 9 heteroatoms. The third kappa shape index (κ3) is 3.14. The molecule has 0 bridgehead atoms. The minimum Gasteiger partial charge on any atom is -0.494 e. The van der Waals surface area contributed by atoms with Gasteiger partial charge in [0, 0.05) is 5.56 Å². The van der Waals surface area contributed by atoms with Crippen LogP contribution in [0.15, 0.2) is 12.1 Å². The third-order valence-corrected chi connectivity index (χ3v) is 5.11. The van der Waals surface area contributed by atoms with Crippen LogP contribution in [0.2, 0.25) is 10.0 Å². The van der Waals surface area contributed by atoms with Gasteiger partial charge in [0.05, 0.1) is 17.2 Å². The molecule has 0 aromatic heterocycles. The normalized spacial score (nSPS) is 19.1. The zero-order valence-corrected chi connectivity index (χ0v) is 15.0. The summed E-state index contributed by atoms with van der Waals surface area (Å²) in [5.41, 5.74) is 1.54. The van der Waals surface area contributed by atoms with E-state index in [4.69, 9.17) is 27.9 Å². The Hall–Kier alpha value is -1.99. The van der Waals surface area contributed by atoms with Crippen LogP contribution < -0.4 is 15.5 Å². The first-order valence-corrected chi connectivity index (χ1v) is 8.64. The number of nitrogens with zero attached hydrogens (tertiary/aromatic N) is 1. The van der Waals surface area contributed by atoms with Crippen molar-refractivity contribution >= 4 is 41.0 Å². The van der Waals surface area contributed by atoms with E-state index in [1.165, 1.54) is 19.2 Å². The van der Waals surface area contributed by atoms with Crippen molar-refractivity contribution in [3.8, 4) is 5.75 Å². The highest BCUT2D eigenvalue weighted by atomic mass is 35.5. The maximum atomic E-state index is 12.6. The fraction of sp³-hybridized carbons (Fsp3) is 0.438. The zero-order chi connectivity index (χ0) is 18.2. The van der Waals surface area contributed by atoms with Gasteiger partial charge in [-0.15, -0.1) is 0 Å². The molecule has 0 radical (unpaired) electrons. The summed E-state index contributed by atoms with van der Waals surface area (Å²) in [5, 5.41) is 3.76. The van der Waals surface area contributed by atoms with Crippen molar-refractivity contribution in [3.05, 3.63) is 27.7 Å². The van der Waals surface area contributed by atoms with Crippen LogP contribution in [0.4, 0.5) is 4.79 Å². The van der Waals surface area contributed by atoms with Gasteiger partial charge in [0.25, 0.3) is 11.8 Å². The van der Waals surface area contributed by atoms with Crippen LogP contribution in [0.25, 0.3) is 0 Å². The quantitative estimate of drug-likeness (QED) is 0.782. The first-order valence-electron chi connectivity index (χ1n) is 7.89. The SMILES string of the molecule is COc1c(Cl)cc(C(=O)NN2C(=O)NC3(CCCCC3)C2=O)cc1Cl. The van der Waals surface area contributed by atoms with E-state index in [1.54, 1.807) is 0 Å². The van der Waals surface area contributed by atoms with E-state index in [-0.39, 0.29) is 21.4 Å². The number of hydrazine groups is 1. The van der Waals surface area contributed by atoms with Crippen molar-refractivity contribution in [3.63, 3.8) is 0 Å². The Morgan fingerprint density at radius 1 is 1.20 bits per heavy atom. The number of hydrogen-bond donors (Lipinski definition) is 2. The Balaban J connectivity index is 1.79. The van der Waals surface area contributed by atoms with Gasteiger partial charge in [-0.2, -0.15) is 5.01 Å². The van der Waals surface area contributed by atoms with Gasteiger partial charge in [-0.3, -0.25) is 15.0 Å². The van der Waals surface area contributed by atoms with Crippen molar-refractivity contribution in [2.75, 3.05) is 7.11 Å². The summed E-state index contributed by atoms with van der Waals surface area (Å²) in [6.07, 6.45) is 3.89. The molecule has 4 amide bonds. The van der Waals surface area contributed by atoms with Gasteiger partial charge >= 0.3 is 6.03 Å². The molecule has 25 heavy (non-hydrogen) atoms. The summed E-state index contributed by atoms with van der Waals surface area (Å²) < 4.78 is 5.03. The van der Waals surface area contributed by atoms with E-state index < -0.39 is 23.4 Å². The van der Waals surface area contributed by atoms with Crippen LogP contribution >= 0.6 is 23.2 Å². The van der Waals surface area contributed by atoms with E-state index in [0.717, 1.165) is 24.3 Å². The fourth-order valence-corrected chi connectivity index (χ4v) is 3.91. The molecular formula is C16H17Cl2N3O4. The number of imide groups is 1. The monoisotopic (exact) mass is 385 g/mol. The van der Waals surface area contributed by atoms with Gasteiger partial charge in [-0.25, -0.2) is 4.79 Å². The number of urea groups is 1. The molecule has 134 valence electrons. The minimum atomic E-state index is -0.905. The van der Waals surface area contributed by atoms with E-state index in [1.807, 2.05) is 0 Å². The number of benzene rings is 1. The summed E-state index contributed by atoms with van der Waals surface area (Å²) in [6.45, 7) is 0. The topological polar surface area (TPSA) is 87.7 Å². The molecule has 3 rings (SSSR count). The summed E-state index contributed by atoms with van der Waals surface area (Å²) in [7, 11) is 1.41. The van der Waals surface area contributed by atoms with Crippen LogP contribution in [0.1, 0.15) is 42.5 Å². The molecule has 1 heterocycles. The van der Waals surface area contributed by atoms with Crippen molar-refractivity contribution in [1.82, 2.24) is 15.8 Å². The predicted octanol–water partition coefficient (Wildman–Crippen LogP) is 2.90. The van der Waals surface area contributed by atoms with Crippen LogP contribution in [0.5, 0.6) is 5.75 Å². The van der Waals surface area contributed by atoms with Crippen LogP contribution in [0, 0.1) is 0 Å². The second kappa shape index (κ2) is 6.72. The van der Waals surface area contributed by atoms with Gasteiger partial charge < -0.3 is 10.1 Å². The molecule has 1 aliphatic carbocycles. The number of methoxy groups -OCH3 is 1. The van der Waals surface area contributed by atoms with Gasteiger partial charge in [-0.1, -0.05) is 42.5 Å². The first-order chi connectivity index (χ1) is 11.9. The Labute approximate surface area is 154 Å². The maximum absolute atomic E-state index is 12.6. The van der Waals surface area contributed by atoms with Crippen LogP contribution in [-0.4, -0.2) is 35.5 Å². The molecule has 1 saturated carbocycles. The Kier molecular flexibility index (Phi) is 4.79. The average Bonchev–Trinajstić information content (AvgIpc) is 2.79. The molecule has 1 spiro atoms. The number of halogens is 2. The molecule has 1 aliphatic heterocycles. The van der Waals surface area contributed by atoms with Gasteiger partial charge in [0.1, 0.15) is 5.54 Å². The summed E-state index contributed by atoms with van der Waals surface area (Å²) in [6, 6.07) is 2.08. The van der Waals surface area contributed by atoms with Crippen molar-refractivity contribution in [1.29, 1.82) is 0 Å². The van der Waals surface area contributed by atoms with E-state index in [9.17, 15) is 14.4 Å². The highest BCUT2D eigenvalue weighted by molar-refractivity contribution is 6.37. The second-order valence-electron chi connectivity index (χ2n) is 6.13. The van der Waals surface area contributed by atoms with Crippen molar-refractivity contribution in [2.45, 2.75) is 37.6 Å². The van der Waals surface area contributed by atoms with E-state index in [0.29, 0.717) is 12.8 Å². The number of nitrogens with one attached hydrogen (secondary N) is 2. The number of ether oxygens (including phenoxy) is 1. The molecular weight excluding hydrogens is 369 g/mol. The van der Waals surface area contributed by atoms with E-state index in [2.05, 4.69) is 10.7 Å². The Morgan fingerprint density at radius 2 is 1.80 bits per heavy atom. The number of carbonyl (C=O) groups excluding carboxylic acids is 3. The third-order valence-electron chi connectivity index (χ3n) is 4.55. The lowest BCUT2D eigenvalue weighted by Crippen LogP contribution is -2.50. The highest BCUT2D eigenvalue weighted by Crippen LogP contribution is 2.35. The fourth-order valence-electron chi connectivity index (χ4n) is 3.27. The lowest BCUT2D eigenvalue weighted by atomic mass is 9.82. The predicted molar refractivity (Wildman–Crippen MR) is 91.7 cm³/mol. The van der Waals surface area contributed by atoms with Gasteiger partial charge in [-0.05, 0) is 25.0 Å². The number of rotatable bonds is 3. The lowest BCUT2D eigenvalue weighted by molar-refractivity contribution is -0.134. The van der Waals surface area contributed by atoms with Gasteiger partial charge in [0.2, 0.25) is 0 Å². The molecule has 2 N–H and O–H groups in total. The molecule has 1 saturated heterocycles. The number of carbonyl (C=O) groups is 3. The van der Waals surface area contributed by atoms with E-state index >= 15 is 0 Å². The first kappa shape index (κ1) is 17.8. The summed E-state index contributed by atoms with van der Waals surface area (Å²) in [4.78, 5) is 37.2. The van der Waals surface area contributed by atoms with Crippen molar-refractivity contribution < 1.29 is 19.1 Å². The van der Waals surface area contributed by atoms with Crippen LogP contribution in [-0.2, 0) is 4.79 Å². The smallest absolute Gasteiger partial charge is 0.344 e. The van der Waals surface area contributed by atoms with Crippen LogP contribution in [0.3, 0.4) is 0 Å². The highest BCUT2D eigenvalue weighted by Gasteiger charge is 2.52. The summed E-state index contributed by atoms with van der Waals surface area (Å²) in [5.74, 6) is -0.852. The Morgan fingerprint density at radius 3 is 2.36 bits per heavy atom. The molecule has 1 aromatic rings. The molecule has 0 unspecified atom stereocenters. The van der Waals surface area contributed by atoms with Gasteiger partial charge in [0.15, 0.2) is 5.75 Å². The second-order valence-corrected chi connectivity index (χ2v) is 6.94. The standard InChI is InChI=1S/C16H17Cl2N3O4/c1-25-12-10(17)7-9(8-11(12)18)13(22)20-21-14(23)16(19-15(21)24)5-3-2-4-6-16/h7-8H,2-6H2,1H3,(H,19,24)(H,20,22). The molecule has 2 aliphatic rings. The maximum Gasteiger partial charge on any atom is 0.344 e. The average molecular weight is 386 g/mol. The largest absolute Gasteiger partial charge is 0.494 e. The zero-order valence-electron chi connectivity index (χ0n) is 13.5. The lowest BCUT2D eigenvalue weighted by Gasteiger charge is -2.30. The molecule has 1 aromatic carbocycles. The molecule has 7 nitrogen and oxygen atoms in total. The van der Waals surface area contributed by atoms with Crippen molar-refractivity contribution in [2.24, 2.45) is 0 Å². The molecule has 2 fully saturated rings. The molecule has 0 atom stereocenters. The number of amides is 4. The Bertz CT molecular complexity index is 724. The number of hydrogen-bond acceptors (Lipinski definition) is 4.